The van der Waals surface area contributed by atoms with Crippen LogP contribution in [0.4, 0.5) is 5.69 Å². The maximum absolute atomic E-state index is 12.0. The van der Waals surface area contributed by atoms with Crippen LogP contribution in [0.25, 0.3) is 0 Å². The van der Waals surface area contributed by atoms with Crippen LogP contribution in [0.2, 0.25) is 0 Å². The van der Waals surface area contributed by atoms with Crippen molar-refractivity contribution in [2.45, 2.75) is 19.9 Å². The van der Waals surface area contributed by atoms with Gasteiger partial charge in [-0.1, -0.05) is 48.0 Å². The van der Waals surface area contributed by atoms with Gasteiger partial charge in [0.1, 0.15) is 0 Å². The second-order valence-electron chi connectivity index (χ2n) is 4.58. The molecule has 0 aliphatic rings. The minimum absolute atomic E-state index is 0.0218. The van der Waals surface area contributed by atoms with Crippen molar-refractivity contribution in [1.82, 2.24) is 0 Å². The van der Waals surface area contributed by atoms with Crippen molar-refractivity contribution >= 4 is 11.6 Å². The van der Waals surface area contributed by atoms with E-state index >= 15 is 0 Å². The van der Waals surface area contributed by atoms with Crippen molar-refractivity contribution in [2.75, 3.05) is 5.32 Å². The Morgan fingerprint density at radius 1 is 1.16 bits per heavy atom. The first kappa shape index (κ1) is 13.3. The van der Waals surface area contributed by atoms with Gasteiger partial charge in [0.25, 0.3) is 0 Å². The predicted octanol–water partition coefficient (Wildman–Crippen LogP) is 2.63. The molecule has 0 saturated heterocycles. The van der Waals surface area contributed by atoms with E-state index in [1.807, 2.05) is 55.5 Å². The maximum Gasteiger partial charge on any atom is 0.228 e. The molecule has 0 unspecified atom stereocenters. The number of hydrogen-bond acceptors (Lipinski definition) is 2. The van der Waals surface area contributed by atoms with Crippen LogP contribution in [0.5, 0.6) is 0 Å². The van der Waals surface area contributed by atoms with Crippen LogP contribution in [0, 0.1) is 6.92 Å². The van der Waals surface area contributed by atoms with Gasteiger partial charge >= 0.3 is 0 Å². The quantitative estimate of drug-likeness (QED) is 0.881. The van der Waals surface area contributed by atoms with Gasteiger partial charge in [-0.3, -0.25) is 4.79 Å². The Morgan fingerprint density at radius 2 is 1.95 bits per heavy atom. The van der Waals surface area contributed by atoms with Gasteiger partial charge in [0.05, 0.1) is 6.42 Å². The molecule has 0 atom stereocenters. The third kappa shape index (κ3) is 3.66. The number of hydrogen-bond donors (Lipinski definition) is 2. The fourth-order valence-corrected chi connectivity index (χ4v) is 2.02. The molecule has 0 saturated carbocycles. The summed E-state index contributed by atoms with van der Waals surface area (Å²) < 4.78 is 0. The number of amides is 1. The predicted molar refractivity (Wildman–Crippen MR) is 77.8 cm³/mol. The van der Waals surface area contributed by atoms with E-state index in [1.54, 1.807) is 0 Å². The van der Waals surface area contributed by atoms with Crippen LogP contribution in [0.1, 0.15) is 16.7 Å². The molecule has 0 aliphatic carbocycles. The lowest BCUT2D eigenvalue weighted by molar-refractivity contribution is -0.115. The summed E-state index contributed by atoms with van der Waals surface area (Å²) in [6.07, 6.45) is 0.376. The number of para-hydroxylation sites is 1. The lowest BCUT2D eigenvalue weighted by atomic mass is 10.1. The average molecular weight is 254 g/mol. The molecule has 3 N–H and O–H groups in total. The molecule has 0 radical (unpaired) electrons. The van der Waals surface area contributed by atoms with Crippen molar-refractivity contribution in [3.63, 3.8) is 0 Å². The Balaban J connectivity index is 2.05. The molecule has 0 spiro atoms. The monoisotopic (exact) mass is 254 g/mol. The smallest absolute Gasteiger partial charge is 0.228 e. The highest BCUT2D eigenvalue weighted by Crippen LogP contribution is 2.14. The molecule has 2 aromatic rings. The second kappa shape index (κ2) is 6.16. The molecule has 3 nitrogen and oxygen atoms in total. The van der Waals surface area contributed by atoms with Crippen molar-refractivity contribution in [1.29, 1.82) is 0 Å². The zero-order chi connectivity index (χ0) is 13.7. The molecular weight excluding hydrogens is 236 g/mol. The largest absolute Gasteiger partial charge is 0.326 e. The number of nitrogens with one attached hydrogen (secondary N) is 1. The second-order valence-corrected chi connectivity index (χ2v) is 4.58. The number of anilines is 1. The summed E-state index contributed by atoms with van der Waals surface area (Å²) in [7, 11) is 0. The SMILES string of the molecule is Cc1cccc(CC(=O)Nc2ccccc2CN)c1. The Hall–Kier alpha value is -2.13. The summed E-state index contributed by atoms with van der Waals surface area (Å²) in [6.45, 7) is 2.44. The van der Waals surface area contributed by atoms with Gasteiger partial charge in [0, 0.05) is 12.2 Å². The van der Waals surface area contributed by atoms with Crippen LogP contribution < -0.4 is 11.1 Å². The minimum Gasteiger partial charge on any atom is -0.326 e. The minimum atomic E-state index is -0.0218. The zero-order valence-corrected chi connectivity index (χ0v) is 11.0. The average Bonchev–Trinajstić information content (AvgIpc) is 2.39. The number of benzene rings is 2. The lowest BCUT2D eigenvalue weighted by Crippen LogP contribution is -2.16. The Morgan fingerprint density at radius 3 is 2.68 bits per heavy atom. The van der Waals surface area contributed by atoms with Gasteiger partial charge in [-0.05, 0) is 24.1 Å². The molecule has 98 valence electrons. The third-order valence-corrected chi connectivity index (χ3v) is 2.96. The van der Waals surface area contributed by atoms with Crippen LogP contribution in [-0.4, -0.2) is 5.91 Å². The summed E-state index contributed by atoms with van der Waals surface area (Å²) >= 11 is 0. The van der Waals surface area contributed by atoms with Gasteiger partial charge in [0.2, 0.25) is 5.91 Å². The molecule has 0 heterocycles. The number of carbonyl (C=O) groups excluding carboxylic acids is 1. The van der Waals surface area contributed by atoms with E-state index in [4.69, 9.17) is 5.73 Å². The molecule has 0 bridgehead atoms. The first-order valence-electron chi connectivity index (χ1n) is 6.32. The number of nitrogens with two attached hydrogens (primary N) is 1. The highest BCUT2D eigenvalue weighted by molar-refractivity contribution is 5.93. The topological polar surface area (TPSA) is 55.1 Å². The number of aryl methyl sites for hydroxylation is 1. The molecule has 0 aromatic heterocycles. The van der Waals surface area contributed by atoms with Crippen molar-refractivity contribution in [2.24, 2.45) is 5.73 Å². The normalized spacial score (nSPS) is 10.2. The van der Waals surface area contributed by atoms with Gasteiger partial charge in [-0.2, -0.15) is 0 Å². The van der Waals surface area contributed by atoms with Gasteiger partial charge < -0.3 is 11.1 Å². The van der Waals surface area contributed by atoms with Crippen LogP contribution in [0.3, 0.4) is 0 Å². The van der Waals surface area contributed by atoms with Crippen molar-refractivity contribution < 1.29 is 4.79 Å². The van der Waals surface area contributed by atoms with Crippen molar-refractivity contribution in [3.05, 3.63) is 65.2 Å². The van der Waals surface area contributed by atoms with Gasteiger partial charge in [0.15, 0.2) is 0 Å². The molecule has 2 aromatic carbocycles. The fraction of sp³-hybridized carbons (Fsp3) is 0.188. The number of carbonyl (C=O) groups is 1. The first-order valence-corrected chi connectivity index (χ1v) is 6.32. The van der Waals surface area contributed by atoms with Crippen LogP contribution in [-0.2, 0) is 17.8 Å². The molecule has 0 aliphatic heterocycles. The molecule has 2 rings (SSSR count). The first-order chi connectivity index (χ1) is 9.19. The standard InChI is InChI=1S/C16H18N2O/c1-12-5-4-6-13(9-12)10-16(19)18-15-8-3-2-7-14(15)11-17/h2-9H,10-11,17H2,1H3,(H,18,19). The Bertz CT molecular complexity index is 578. The third-order valence-electron chi connectivity index (χ3n) is 2.96. The molecule has 0 fully saturated rings. The zero-order valence-electron chi connectivity index (χ0n) is 11.0. The summed E-state index contributed by atoms with van der Waals surface area (Å²) in [5.41, 5.74) is 9.56. The van der Waals surface area contributed by atoms with Gasteiger partial charge in [-0.15, -0.1) is 0 Å². The van der Waals surface area contributed by atoms with E-state index < -0.39 is 0 Å². The van der Waals surface area contributed by atoms with E-state index in [2.05, 4.69) is 5.32 Å². The number of rotatable bonds is 4. The highest BCUT2D eigenvalue weighted by atomic mass is 16.1. The Kier molecular flexibility index (Phi) is 4.31. The van der Waals surface area contributed by atoms with E-state index in [0.717, 1.165) is 22.4 Å². The molecular formula is C16H18N2O. The van der Waals surface area contributed by atoms with E-state index in [9.17, 15) is 4.79 Å². The summed E-state index contributed by atoms with van der Waals surface area (Å²) in [5.74, 6) is -0.0218. The van der Waals surface area contributed by atoms with E-state index in [1.165, 1.54) is 0 Å². The van der Waals surface area contributed by atoms with Gasteiger partial charge in [-0.25, -0.2) is 0 Å². The summed E-state index contributed by atoms with van der Waals surface area (Å²) in [5, 5.41) is 2.91. The molecule has 1 amide bonds. The molecule has 19 heavy (non-hydrogen) atoms. The van der Waals surface area contributed by atoms with Crippen LogP contribution >= 0.6 is 0 Å². The van der Waals surface area contributed by atoms with E-state index in [0.29, 0.717) is 13.0 Å². The lowest BCUT2D eigenvalue weighted by Gasteiger charge is -2.09. The Labute approximate surface area is 113 Å². The molecule has 3 heteroatoms. The van der Waals surface area contributed by atoms with E-state index in [-0.39, 0.29) is 5.91 Å². The fourth-order valence-electron chi connectivity index (χ4n) is 2.02. The van der Waals surface area contributed by atoms with Crippen LogP contribution in [0.15, 0.2) is 48.5 Å². The summed E-state index contributed by atoms with van der Waals surface area (Å²) in [6, 6.07) is 15.6. The highest BCUT2D eigenvalue weighted by Gasteiger charge is 2.06. The maximum atomic E-state index is 12.0. The summed E-state index contributed by atoms with van der Waals surface area (Å²) in [4.78, 5) is 12.0. The van der Waals surface area contributed by atoms with Crippen molar-refractivity contribution in [3.8, 4) is 0 Å².